The number of hydrogen-bond donors (Lipinski definition) is 1. The van der Waals surface area contributed by atoms with Gasteiger partial charge in [0.15, 0.2) is 0 Å². The SMILES string of the molecule is CCOP(=O)(OCC)N1C(=O)N[C@H]2CS[C@@H](CCCCC(=O)OC)[C@H]21. The maximum Gasteiger partial charge on any atom is 0.439 e. The van der Waals surface area contributed by atoms with Crippen molar-refractivity contribution in [1.82, 2.24) is 9.99 Å². The molecule has 0 aromatic rings. The van der Waals surface area contributed by atoms with E-state index >= 15 is 0 Å². The molecular formula is C15H27N2O6PS. The second-order valence-electron chi connectivity index (χ2n) is 5.89. The Balaban J connectivity index is 2.04. The second-order valence-corrected chi connectivity index (χ2v) is 9.05. The van der Waals surface area contributed by atoms with Gasteiger partial charge in [-0.2, -0.15) is 11.8 Å². The molecule has 0 radical (unpaired) electrons. The Morgan fingerprint density at radius 2 is 2.00 bits per heavy atom. The van der Waals surface area contributed by atoms with Gasteiger partial charge in [-0.15, -0.1) is 0 Å². The number of ether oxygens (including phenoxy) is 1. The monoisotopic (exact) mass is 394 g/mol. The molecule has 8 nitrogen and oxygen atoms in total. The fourth-order valence-corrected chi connectivity index (χ4v) is 6.80. The molecule has 2 fully saturated rings. The summed E-state index contributed by atoms with van der Waals surface area (Å²) >= 11 is 1.75. The molecule has 2 aliphatic heterocycles. The van der Waals surface area contributed by atoms with Crippen LogP contribution < -0.4 is 5.32 Å². The summed E-state index contributed by atoms with van der Waals surface area (Å²) in [5.41, 5.74) is 0. The van der Waals surface area contributed by atoms with Gasteiger partial charge in [-0.05, 0) is 26.7 Å². The first kappa shape index (κ1) is 20.6. The Morgan fingerprint density at radius 1 is 1.32 bits per heavy atom. The molecule has 2 aliphatic rings. The van der Waals surface area contributed by atoms with Gasteiger partial charge < -0.3 is 10.1 Å². The highest BCUT2D eigenvalue weighted by atomic mass is 32.2. The van der Waals surface area contributed by atoms with Crippen molar-refractivity contribution in [3.05, 3.63) is 0 Å². The summed E-state index contributed by atoms with van der Waals surface area (Å²) in [5.74, 6) is 0.556. The molecule has 2 saturated heterocycles. The molecule has 2 amide bonds. The largest absolute Gasteiger partial charge is 0.469 e. The summed E-state index contributed by atoms with van der Waals surface area (Å²) in [6.07, 6.45) is 2.79. The number of carbonyl (C=O) groups excluding carboxylic acids is 2. The van der Waals surface area contributed by atoms with E-state index in [9.17, 15) is 14.2 Å². The van der Waals surface area contributed by atoms with E-state index in [1.807, 2.05) is 0 Å². The lowest BCUT2D eigenvalue weighted by Gasteiger charge is -2.32. The van der Waals surface area contributed by atoms with Crippen LogP contribution >= 0.6 is 19.5 Å². The predicted octanol–water partition coefficient (Wildman–Crippen LogP) is 2.78. The summed E-state index contributed by atoms with van der Waals surface area (Å²) in [6, 6.07) is -0.669. The van der Waals surface area contributed by atoms with Crippen molar-refractivity contribution in [2.75, 3.05) is 26.1 Å². The lowest BCUT2D eigenvalue weighted by molar-refractivity contribution is -0.140. The maximum atomic E-state index is 13.1. The van der Waals surface area contributed by atoms with Gasteiger partial charge in [0.25, 0.3) is 0 Å². The molecule has 144 valence electrons. The lowest BCUT2D eigenvalue weighted by Crippen LogP contribution is -2.39. The highest BCUT2D eigenvalue weighted by Gasteiger charge is 2.55. The number of esters is 1. The first-order valence-corrected chi connectivity index (χ1v) is 11.2. The van der Waals surface area contributed by atoms with E-state index in [1.54, 1.807) is 25.6 Å². The maximum absolute atomic E-state index is 13.1. The highest BCUT2D eigenvalue weighted by Crippen LogP contribution is 2.57. The number of fused-ring (bicyclic) bond motifs is 1. The first-order valence-electron chi connectivity index (χ1n) is 8.64. The zero-order chi connectivity index (χ0) is 18.4. The van der Waals surface area contributed by atoms with E-state index < -0.39 is 7.75 Å². The lowest BCUT2D eigenvalue weighted by atomic mass is 10.0. The number of amides is 2. The van der Waals surface area contributed by atoms with Gasteiger partial charge in [-0.1, -0.05) is 6.42 Å². The van der Waals surface area contributed by atoms with Crippen LogP contribution in [0.1, 0.15) is 39.5 Å². The molecule has 3 atom stereocenters. The Labute approximate surface area is 152 Å². The van der Waals surface area contributed by atoms with Gasteiger partial charge in [0, 0.05) is 17.4 Å². The van der Waals surface area contributed by atoms with Gasteiger partial charge in [0.1, 0.15) is 0 Å². The molecule has 0 aliphatic carbocycles. The Bertz CT molecular complexity index is 524. The Hall–Kier alpha value is -0.760. The molecule has 0 aromatic carbocycles. The van der Waals surface area contributed by atoms with Crippen LogP contribution in [-0.2, 0) is 23.1 Å². The van der Waals surface area contributed by atoms with E-state index in [1.165, 1.54) is 11.8 Å². The smallest absolute Gasteiger partial charge is 0.439 e. The number of urea groups is 1. The van der Waals surface area contributed by atoms with Gasteiger partial charge in [-0.25, -0.2) is 14.0 Å². The molecule has 2 heterocycles. The normalized spacial score (nSPS) is 25.8. The standard InChI is InChI=1S/C15H27N2O6PS/c1-4-22-24(20,23-5-2)17-14-11(16-15(17)19)10-25-12(14)8-6-7-9-13(18)21-3/h11-12,14H,4-10H2,1-3H3,(H,16,19)/t11-,12-,14-/m0/s1. The fourth-order valence-electron chi connectivity index (χ4n) is 3.23. The first-order chi connectivity index (χ1) is 12.0. The van der Waals surface area contributed by atoms with Crippen molar-refractivity contribution >= 4 is 31.5 Å². The molecule has 1 N–H and O–H groups in total. The number of methoxy groups -OCH3 is 1. The zero-order valence-corrected chi connectivity index (χ0v) is 16.6. The number of rotatable bonds is 10. The van der Waals surface area contributed by atoms with E-state index in [0.717, 1.165) is 25.0 Å². The van der Waals surface area contributed by atoms with Crippen LogP contribution in [-0.4, -0.2) is 60.1 Å². The van der Waals surface area contributed by atoms with E-state index in [0.29, 0.717) is 6.42 Å². The molecule has 25 heavy (non-hydrogen) atoms. The third-order valence-electron chi connectivity index (χ3n) is 4.28. The van der Waals surface area contributed by atoms with Gasteiger partial charge in [0.2, 0.25) is 0 Å². The number of nitrogens with one attached hydrogen (secondary N) is 1. The van der Waals surface area contributed by atoms with Crippen LogP contribution in [0.5, 0.6) is 0 Å². The van der Waals surface area contributed by atoms with Crippen molar-refractivity contribution < 1.29 is 27.9 Å². The molecule has 0 spiro atoms. The van der Waals surface area contributed by atoms with Crippen LogP contribution in [0, 0.1) is 0 Å². The molecule has 0 saturated carbocycles. The minimum Gasteiger partial charge on any atom is -0.469 e. The van der Waals surface area contributed by atoms with Crippen molar-refractivity contribution in [3.63, 3.8) is 0 Å². The summed E-state index contributed by atoms with van der Waals surface area (Å²) in [7, 11) is -2.27. The molecular weight excluding hydrogens is 367 g/mol. The van der Waals surface area contributed by atoms with Gasteiger partial charge >= 0.3 is 19.7 Å². The number of thioether (sulfide) groups is 1. The summed E-state index contributed by atoms with van der Waals surface area (Å²) in [5, 5.41) is 3.03. The quantitative estimate of drug-likeness (QED) is 0.263. The molecule has 0 bridgehead atoms. The topological polar surface area (TPSA) is 94.2 Å². The van der Waals surface area contributed by atoms with Crippen LogP contribution in [0.3, 0.4) is 0 Å². The second kappa shape index (κ2) is 9.26. The molecule has 0 unspecified atom stereocenters. The van der Waals surface area contributed by atoms with E-state index in [2.05, 4.69) is 10.1 Å². The van der Waals surface area contributed by atoms with Gasteiger partial charge in [-0.3, -0.25) is 13.8 Å². The summed E-state index contributed by atoms with van der Waals surface area (Å²) in [4.78, 5) is 23.6. The van der Waals surface area contributed by atoms with Crippen molar-refractivity contribution in [2.45, 2.75) is 56.9 Å². The van der Waals surface area contributed by atoms with Crippen LogP contribution in [0.4, 0.5) is 4.79 Å². The fraction of sp³-hybridized carbons (Fsp3) is 0.867. The minimum absolute atomic E-state index is 0.0580. The Morgan fingerprint density at radius 3 is 2.60 bits per heavy atom. The van der Waals surface area contributed by atoms with E-state index in [-0.39, 0.29) is 42.5 Å². The van der Waals surface area contributed by atoms with E-state index in [4.69, 9.17) is 9.05 Å². The summed E-state index contributed by atoms with van der Waals surface area (Å²) < 4.78 is 29.8. The predicted molar refractivity (Wildman–Crippen MR) is 95.5 cm³/mol. The van der Waals surface area contributed by atoms with Gasteiger partial charge in [0.05, 0.1) is 32.4 Å². The van der Waals surface area contributed by atoms with Crippen LogP contribution in [0.25, 0.3) is 0 Å². The minimum atomic E-state index is -3.66. The van der Waals surface area contributed by atoms with Crippen LogP contribution in [0.2, 0.25) is 0 Å². The van der Waals surface area contributed by atoms with Crippen LogP contribution in [0.15, 0.2) is 0 Å². The third-order valence-corrected chi connectivity index (χ3v) is 7.92. The van der Waals surface area contributed by atoms with Crippen molar-refractivity contribution in [1.29, 1.82) is 0 Å². The third kappa shape index (κ3) is 4.70. The number of carbonyl (C=O) groups is 2. The number of hydrogen-bond acceptors (Lipinski definition) is 7. The van der Waals surface area contributed by atoms with Crippen molar-refractivity contribution in [2.24, 2.45) is 0 Å². The zero-order valence-electron chi connectivity index (χ0n) is 14.9. The molecule has 0 aromatic heterocycles. The highest BCUT2D eigenvalue weighted by molar-refractivity contribution is 8.00. The number of unbranched alkanes of at least 4 members (excludes halogenated alkanes) is 1. The van der Waals surface area contributed by atoms with Crippen molar-refractivity contribution in [3.8, 4) is 0 Å². The Kier molecular flexibility index (Phi) is 7.61. The average Bonchev–Trinajstić information content (AvgIpc) is 3.09. The molecule has 10 heteroatoms. The number of nitrogens with zero attached hydrogens (tertiary/aromatic N) is 1. The summed E-state index contributed by atoms with van der Waals surface area (Å²) in [6.45, 7) is 3.86. The molecule has 2 rings (SSSR count). The average molecular weight is 394 g/mol.